The standard InChI is InChI=1S/C17H16N8O2S/c1-12-15(28-17(21-12)23-7-2-3-8-23)16(27)19-6-9-24-14(26)5-4-13(22-24)25-11-18-10-20-25/h2-5,7-8,10-11H,6,9H2,1H3,(H,19,27). The molecule has 0 aromatic carbocycles. The molecule has 1 N–H and O–H groups in total. The summed E-state index contributed by atoms with van der Waals surface area (Å²) < 4.78 is 4.59. The molecular weight excluding hydrogens is 380 g/mol. The SMILES string of the molecule is Cc1nc(-n2cccc2)sc1C(=O)NCCn1nc(-n2cncn2)ccc1=O. The number of amides is 1. The lowest BCUT2D eigenvalue weighted by Gasteiger charge is -2.07. The number of hydrogen-bond acceptors (Lipinski definition) is 7. The second-order valence-electron chi connectivity index (χ2n) is 5.85. The number of carbonyl (C=O) groups is 1. The van der Waals surface area contributed by atoms with E-state index >= 15 is 0 Å². The van der Waals surface area contributed by atoms with Crippen LogP contribution in [0, 0.1) is 6.92 Å². The maximum absolute atomic E-state index is 12.5. The first-order chi connectivity index (χ1) is 13.6. The van der Waals surface area contributed by atoms with Crippen molar-refractivity contribution in [1.82, 2.24) is 39.4 Å². The second kappa shape index (κ2) is 7.56. The van der Waals surface area contributed by atoms with Crippen molar-refractivity contribution in [1.29, 1.82) is 0 Å². The summed E-state index contributed by atoms with van der Waals surface area (Å²) >= 11 is 1.31. The normalized spacial score (nSPS) is 10.9. The van der Waals surface area contributed by atoms with Gasteiger partial charge < -0.3 is 9.88 Å². The fourth-order valence-corrected chi connectivity index (χ4v) is 3.52. The molecule has 0 saturated carbocycles. The van der Waals surface area contributed by atoms with Gasteiger partial charge in [-0.05, 0) is 25.1 Å². The molecule has 0 unspecified atom stereocenters. The van der Waals surface area contributed by atoms with E-state index in [9.17, 15) is 9.59 Å². The summed E-state index contributed by atoms with van der Waals surface area (Å²) in [5.41, 5.74) is 0.400. The Kier molecular flexibility index (Phi) is 4.81. The van der Waals surface area contributed by atoms with Gasteiger partial charge in [0, 0.05) is 25.0 Å². The van der Waals surface area contributed by atoms with Gasteiger partial charge >= 0.3 is 0 Å². The van der Waals surface area contributed by atoms with E-state index in [1.165, 1.54) is 39.4 Å². The van der Waals surface area contributed by atoms with Crippen molar-refractivity contribution in [2.75, 3.05) is 6.54 Å². The van der Waals surface area contributed by atoms with Crippen molar-refractivity contribution in [3.05, 3.63) is 70.2 Å². The zero-order chi connectivity index (χ0) is 19.5. The summed E-state index contributed by atoms with van der Waals surface area (Å²) in [6.07, 6.45) is 6.63. The fraction of sp³-hybridized carbons (Fsp3) is 0.176. The summed E-state index contributed by atoms with van der Waals surface area (Å²) in [4.78, 5) is 33.3. The molecule has 0 fully saturated rings. The number of thiazole rings is 1. The van der Waals surface area contributed by atoms with Crippen LogP contribution in [-0.4, -0.2) is 46.5 Å². The minimum atomic E-state index is -0.262. The Morgan fingerprint density at radius 1 is 1.25 bits per heavy atom. The van der Waals surface area contributed by atoms with Gasteiger partial charge in [-0.1, -0.05) is 11.3 Å². The zero-order valence-electron chi connectivity index (χ0n) is 14.9. The number of aromatic nitrogens is 7. The molecule has 0 aliphatic rings. The van der Waals surface area contributed by atoms with Crippen LogP contribution in [0.25, 0.3) is 10.9 Å². The average molecular weight is 396 g/mol. The summed E-state index contributed by atoms with van der Waals surface area (Å²) in [7, 11) is 0. The fourth-order valence-electron chi connectivity index (χ4n) is 2.57. The Bertz CT molecular complexity index is 1140. The smallest absolute Gasteiger partial charge is 0.266 e. The predicted molar refractivity (Wildman–Crippen MR) is 102 cm³/mol. The van der Waals surface area contributed by atoms with Gasteiger partial charge in [-0.25, -0.2) is 19.3 Å². The van der Waals surface area contributed by atoms with Crippen LogP contribution < -0.4 is 10.9 Å². The highest BCUT2D eigenvalue weighted by Gasteiger charge is 2.15. The van der Waals surface area contributed by atoms with E-state index in [1.54, 1.807) is 13.0 Å². The molecule has 0 bridgehead atoms. The Labute approximate surface area is 163 Å². The van der Waals surface area contributed by atoms with Gasteiger partial charge in [0.25, 0.3) is 11.5 Å². The first-order valence-electron chi connectivity index (χ1n) is 8.44. The number of rotatable bonds is 6. The molecule has 4 rings (SSSR count). The van der Waals surface area contributed by atoms with Gasteiger partial charge in [-0.15, -0.1) is 5.10 Å². The zero-order valence-corrected chi connectivity index (χ0v) is 15.7. The molecule has 0 saturated heterocycles. The van der Waals surface area contributed by atoms with Crippen LogP contribution >= 0.6 is 11.3 Å². The highest BCUT2D eigenvalue weighted by molar-refractivity contribution is 7.16. The minimum absolute atomic E-state index is 0.228. The Morgan fingerprint density at radius 3 is 2.82 bits per heavy atom. The first-order valence-corrected chi connectivity index (χ1v) is 9.25. The Balaban J connectivity index is 1.42. The van der Waals surface area contributed by atoms with E-state index in [4.69, 9.17) is 0 Å². The van der Waals surface area contributed by atoms with E-state index in [-0.39, 0.29) is 24.6 Å². The van der Waals surface area contributed by atoms with Crippen LogP contribution in [0.5, 0.6) is 0 Å². The number of carbonyl (C=O) groups excluding carboxylic acids is 1. The van der Waals surface area contributed by atoms with Crippen molar-refractivity contribution in [2.45, 2.75) is 13.5 Å². The lowest BCUT2D eigenvalue weighted by Crippen LogP contribution is -2.32. The maximum atomic E-state index is 12.5. The molecule has 142 valence electrons. The van der Waals surface area contributed by atoms with Crippen LogP contribution in [0.15, 0.2) is 54.1 Å². The molecule has 10 nitrogen and oxygen atoms in total. The molecule has 4 aromatic rings. The van der Waals surface area contributed by atoms with Gasteiger partial charge in [0.2, 0.25) is 0 Å². The number of aryl methyl sites for hydroxylation is 1. The van der Waals surface area contributed by atoms with Crippen LogP contribution in [0.1, 0.15) is 15.4 Å². The molecule has 0 radical (unpaired) electrons. The van der Waals surface area contributed by atoms with Crippen molar-refractivity contribution >= 4 is 17.2 Å². The van der Waals surface area contributed by atoms with Crippen LogP contribution in [0.3, 0.4) is 0 Å². The van der Waals surface area contributed by atoms with Gasteiger partial charge in [0.15, 0.2) is 10.9 Å². The largest absolute Gasteiger partial charge is 0.349 e. The van der Waals surface area contributed by atoms with Crippen molar-refractivity contribution in [3.63, 3.8) is 0 Å². The van der Waals surface area contributed by atoms with Gasteiger partial charge in [0.05, 0.1) is 12.2 Å². The quantitative estimate of drug-likeness (QED) is 0.516. The summed E-state index contributed by atoms with van der Waals surface area (Å²) in [5.74, 6) is 0.243. The van der Waals surface area contributed by atoms with Crippen LogP contribution in [0.4, 0.5) is 0 Å². The summed E-state index contributed by atoms with van der Waals surface area (Å²) in [6, 6.07) is 6.77. The lowest BCUT2D eigenvalue weighted by molar-refractivity contribution is 0.0955. The summed E-state index contributed by atoms with van der Waals surface area (Å²) in [5, 5.41) is 11.8. The molecule has 0 aliphatic heterocycles. The Morgan fingerprint density at radius 2 is 2.07 bits per heavy atom. The van der Waals surface area contributed by atoms with Crippen LogP contribution in [-0.2, 0) is 6.54 Å². The monoisotopic (exact) mass is 396 g/mol. The van der Waals surface area contributed by atoms with Gasteiger partial charge in [-0.3, -0.25) is 9.59 Å². The third kappa shape index (κ3) is 3.60. The van der Waals surface area contributed by atoms with Crippen molar-refractivity contribution in [3.8, 4) is 10.9 Å². The lowest BCUT2D eigenvalue weighted by atomic mass is 10.4. The highest BCUT2D eigenvalue weighted by Crippen LogP contribution is 2.21. The number of nitrogens with one attached hydrogen (secondary N) is 1. The van der Waals surface area contributed by atoms with E-state index in [1.807, 2.05) is 29.1 Å². The molecule has 0 aliphatic carbocycles. The first kappa shape index (κ1) is 17.8. The number of nitrogens with zero attached hydrogens (tertiary/aromatic N) is 7. The molecule has 11 heteroatoms. The van der Waals surface area contributed by atoms with Crippen molar-refractivity contribution < 1.29 is 4.79 Å². The molecule has 1 amide bonds. The van der Waals surface area contributed by atoms with Crippen molar-refractivity contribution in [2.24, 2.45) is 0 Å². The second-order valence-corrected chi connectivity index (χ2v) is 6.83. The van der Waals surface area contributed by atoms with Gasteiger partial charge in [-0.2, -0.15) is 5.10 Å². The molecule has 4 aromatic heterocycles. The molecule has 0 spiro atoms. The van der Waals surface area contributed by atoms with E-state index in [0.717, 1.165) is 5.13 Å². The maximum Gasteiger partial charge on any atom is 0.266 e. The number of hydrogen-bond donors (Lipinski definition) is 1. The van der Waals surface area contributed by atoms with E-state index < -0.39 is 0 Å². The Hall–Kier alpha value is -3.60. The van der Waals surface area contributed by atoms with E-state index in [0.29, 0.717) is 16.4 Å². The van der Waals surface area contributed by atoms with E-state index in [2.05, 4.69) is 25.5 Å². The topological polar surface area (TPSA) is 113 Å². The minimum Gasteiger partial charge on any atom is -0.349 e. The van der Waals surface area contributed by atoms with Crippen LogP contribution in [0.2, 0.25) is 0 Å². The molecule has 0 atom stereocenters. The molecular formula is C17H16N8O2S. The van der Waals surface area contributed by atoms with Gasteiger partial charge in [0.1, 0.15) is 17.5 Å². The molecule has 4 heterocycles. The average Bonchev–Trinajstić information content (AvgIpc) is 3.44. The third-order valence-corrected chi connectivity index (χ3v) is 5.10. The third-order valence-electron chi connectivity index (χ3n) is 3.93. The molecule has 28 heavy (non-hydrogen) atoms. The predicted octanol–water partition coefficient (Wildman–Crippen LogP) is 0.810. The summed E-state index contributed by atoms with van der Waals surface area (Å²) in [6.45, 7) is 2.28. The highest BCUT2D eigenvalue weighted by atomic mass is 32.1.